The predicted octanol–water partition coefficient (Wildman–Crippen LogP) is 1.22. The number of amides is 1. The number of hydrogen-bond acceptors (Lipinski definition) is 5. The van der Waals surface area contributed by atoms with Crippen LogP contribution in [-0.2, 0) is 7.05 Å². The summed E-state index contributed by atoms with van der Waals surface area (Å²) < 4.78 is 18.2. The number of carbonyl (C=O) groups excluding carboxylic acids is 1. The van der Waals surface area contributed by atoms with Gasteiger partial charge >= 0.3 is 5.69 Å². The molecular formula is C25H21BFN5O4. The van der Waals surface area contributed by atoms with Crippen LogP contribution in [0.3, 0.4) is 0 Å². The van der Waals surface area contributed by atoms with Gasteiger partial charge in [0, 0.05) is 31.8 Å². The highest BCUT2D eigenvalue weighted by molar-refractivity contribution is 6.32. The molecule has 0 atom stereocenters. The Morgan fingerprint density at radius 3 is 2.47 bits per heavy atom. The molecule has 0 saturated heterocycles. The number of nitrogens with zero attached hydrogens (tertiary/aromatic N) is 3. The summed E-state index contributed by atoms with van der Waals surface area (Å²) in [5.74, 6) is -1.03. The summed E-state index contributed by atoms with van der Waals surface area (Å²) in [5.41, 5.74) is -0.869. The van der Waals surface area contributed by atoms with Crippen molar-refractivity contribution in [1.29, 1.82) is 0 Å². The van der Waals surface area contributed by atoms with E-state index in [4.69, 9.17) is 7.85 Å². The number of carbonyl (C=O) groups is 1. The molecule has 5 rings (SSSR count). The zero-order chi connectivity index (χ0) is 25.7. The van der Waals surface area contributed by atoms with E-state index in [0.717, 1.165) is 10.6 Å². The van der Waals surface area contributed by atoms with Crippen LogP contribution in [0.2, 0.25) is 0 Å². The number of benzene rings is 2. The maximum Gasteiger partial charge on any atom is 0.337 e. The van der Waals surface area contributed by atoms with Crippen molar-refractivity contribution in [3.8, 4) is 5.69 Å². The summed E-state index contributed by atoms with van der Waals surface area (Å²) in [6.45, 7) is 0. The number of nitrogens with one attached hydrogen (secondary N) is 2. The lowest BCUT2D eigenvalue weighted by Gasteiger charge is -2.19. The van der Waals surface area contributed by atoms with Gasteiger partial charge in [0.1, 0.15) is 24.7 Å². The molecule has 0 aliphatic heterocycles. The van der Waals surface area contributed by atoms with Gasteiger partial charge in [-0.25, -0.2) is 13.8 Å². The molecule has 2 aromatic heterocycles. The lowest BCUT2D eigenvalue weighted by Crippen LogP contribution is -2.41. The molecule has 2 N–H and O–H groups in total. The highest BCUT2D eigenvalue weighted by Crippen LogP contribution is 2.33. The number of pyridine rings is 1. The van der Waals surface area contributed by atoms with Crippen molar-refractivity contribution >= 4 is 41.6 Å². The second-order valence-corrected chi connectivity index (χ2v) is 8.67. The molecule has 2 heterocycles. The first kappa shape index (κ1) is 23.3. The van der Waals surface area contributed by atoms with E-state index in [-0.39, 0.29) is 39.8 Å². The lowest BCUT2D eigenvalue weighted by molar-refractivity contribution is 0.0963. The Labute approximate surface area is 205 Å². The number of aryl methyl sites for hydroxylation is 1. The molecule has 0 bridgehead atoms. The van der Waals surface area contributed by atoms with Crippen molar-refractivity contribution in [1.82, 2.24) is 19.0 Å². The SMILES string of the molecule is [B]c1ccc(Nc2cc(=O)n(C)c3c2c(=O)n(C2CC2)c(=O)n3-c2cccc(C(=O)NC)c2)c(F)c1. The molecule has 1 aliphatic rings. The number of aromatic nitrogens is 3. The van der Waals surface area contributed by atoms with Gasteiger partial charge in [0.15, 0.2) is 0 Å². The van der Waals surface area contributed by atoms with Crippen molar-refractivity contribution in [2.24, 2.45) is 7.05 Å². The van der Waals surface area contributed by atoms with Gasteiger partial charge in [0.2, 0.25) is 0 Å². The second kappa shape index (κ2) is 8.67. The Kier molecular flexibility index (Phi) is 5.62. The van der Waals surface area contributed by atoms with Crippen molar-refractivity contribution in [2.75, 3.05) is 12.4 Å². The van der Waals surface area contributed by atoms with Gasteiger partial charge in [-0.1, -0.05) is 17.6 Å². The van der Waals surface area contributed by atoms with Crippen molar-refractivity contribution in [3.63, 3.8) is 0 Å². The van der Waals surface area contributed by atoms with Crippen LogP contribution in [0.15, 0.2) is 62.9 Å². The Morgan fingerprint density at radius 2 is 1.81 bits per heavy atom. The van der Waals surface area contributed by atoms with Crippen LogP contribution in [0, 0.1) is 5.82 Å². The van der Waals surface area contributed by atoms with Crippen molar-refractivity contribution in [3.05, 3.63) is 91.1 Å². The summed E-state index contributed by atoms with van der Waals surface area (Å²) >= 11 is 0. The van der Waals surface area contributed by atoms with Gasteiger partial charge < -0.3 is 10.6 Å². The van der Waals surface area contributed by atoms with Gasteiger partial charge in [-0.05, 0) is 43.2 Å². The standard InChI is InChI=1S/C25H21BFN5O4/c1-28-22(34)13-4-3-5-16(10-13)31-23-21(24(35)32(25(31)36)15-7-8-15)19(12-20(33)30(23)2)29-18-9-6-14(26)11-17(18)27/h3-6,9-12,15,29H,7-8H2,1-2H3,(H,28,34). The van der Waals surface area contributed by atoms with Gasteiger partial charge in [-0.2, -0.15) is 0 Å². The molecule has 180 valence electrons. The highest BCUT2D eigenvalue weighted by atomic mass is 19.1. The van der Waals surface area contributed by atoms with Crippen LogP contribution in [-0.4, -0.2) is 34.5 Å². The van der Waals surface area contributed by atoms with Gasteiger partial charge in [0.25, 0.3) is 17.0 Å². The molecule has 1 amide bonds. The van der Waals surface area contributed by atoms with Crippen LogP contribution >= 0.6 is 0 Å². The van der Waals surface area contributed by atoms with E-state index in [1.807, 2.05) is 0 Å². The summed E-state index contributed by atoms with van der Waals surface area (Å²) in [5, 5.41) is 5.41. The maximum absolute atomic E-state index is 14.6. The number of anilines is 2. The van der Waals surface area contributed by atoms with Crippen LogP contribution in [0.4, 0.5) is 15.8 Å². The van der Waals surface area contributed by atoms with E-state index in [2.05, 4.69) is 10.6 Å². The van der Waals surface area contributed by atoms with Crippen molar-refractivity contribution < 1.29 is 9.18 Å². The molecule has 0 unspecified atom stereocenters. The average Bonchev–Trinajstić information content (AvgIpc) is 3.68. The van der Waals surface area contributed by atoms with E-state index in [1.165, 1.54) is 47.5 Å². The Balaban J connectivity index is 1.88. The molecule has 2 aromatic carbocycles. The lowest BCUT2D eigenvalue weighted by atomic mass is 9.96. The van der Waals surface area contributed by atoms with Crippen LogP contribution in [0.5, 0.6) is 0 Å². The minimum Gasteiger partial charge on any atom is -0.355 e. The Hall–Kier alpha value is -4.41. The van der Waals surface area contributed by atoms with E-state index in [9.17, 15) is 23.6 Å². The third-order valence-electron chi connectivity index (χ3n) is 6.22. The van der Waals surface area contributed by atoms with Gasteiger partial charge in [0.05, 0.1) is 17.1 Å². The zero-order valence-corrected chi connectivity index (χ0v) is 19.5. The molecule has 36 heavy (non-hydrogen) atoms. The molecule has 9 nitrogen and oxygen atoms in total. The normalized spacial score (nSPS) is 13.1. The van der Waals surface area contributed by atoms with E-state index >= 15 is 0 Å². The third-order valence-corrected chi connectivity index (χ3v) is 6.22. The highest BCUT2D eigenvalue weighted by Gasteiger charge is 2.31. The Morgan fingerprint density at radius 1 is 1.06 bits per heavy atom. The Bertz CT molecular complexity index is 1740. The molecule has 11 heteroatoms. The molecule has 0 spiro atoms. The number of fused-ring (bicyclic) bond motifs is 1. The third kappa shape index (κ3) is 3.82. The molecule has 1 fully saturated rings. The molecule has 2 radical (unpaired) electrons. The summed E-state index contributed by atoms with van der Waals surface area (Å²) in [7, 11) is 8.57. The first-order valence-electron chi connectivity index (χ1n) is 11.3. The largest absolute Gasteiger partial charge is 0.355 e. The average molecular weight is 485 g/mol. The molecule has 4 aromatic rings. The maximum atomic E-state index is 14.6. The second-order valence-electron chi connectivity index (χ2n) is 8.67. The van der Waals surface area contributed by atoms with Crippen molar-refractivity contribution in [2.45, 2.75) is 18.9 Å². The number of hydrogen-bond donors (Lipinski definition) is 2. The van der Waals surface area contributed by atoms with Crippen LogP contribution < -0.4 is 32.9 Å². The zero-order valence-electron chi connectivity index (χ0n) is 19.5. The van der Waals surface area contributed by atoms with E-state index in [1.54, 1.807) is 18.2 Å². The quantitative estimate of drug-likeness (QED) is 0.414. The van der Waals surface area contributed by atoms with Gasteiger partial charge in [-0.3, -0.25) is 23.5 Å². The first-order valence-corrected chi connectivity index (χ1v) is 11.3. The minimum absolute atomic E-state index is 0.00971. The summed E-state index contributed by atoms with van der Waals surface area (Å²) in [6, 6.07) is 11.2. The topological polar surface area (TPSA) is 107 Å². The fourth-order valence-corrected chi connectivity index (χ4v) is 4.26. The van der Waals surface area contributed by atoms with E-state index in [0.29, 0.717) is 24.1 Å². The monoisotopic (exact) mass is 485 g/mol. The van der Waals surface area contributed by atoms with E-state index < -0.39 is 22.6 Å². The van der Waals surface area contributed by atoms with Crippen LogP contribution in [0.1, 0.15) is 29.2 Å². The van der Waals surface area contributed by atoms with Crippen LogP contribution in [0.25, 0.3) is 16.7 Å². The minimum atomic E-state index is -0.669. The summed E-state index contributed by atoms with van der Waals surface area (Å²) in [4.78, 5) is 52.6. The summed E-state index contributed by atoms with van der Waals surface area (Å²) in [6.07, 6.45) is 1.31. The molecular weight excluding hydrogens is 464 g/mol. The number of halogens is 1. The fourth-order valence-electron chi connectivity index (χ4n) is 4.26. The predicted molar refractivity (Wildman–Crippen MR) is 136 cm³/mol. The number of rotatable bonds is 5. The molecule has 1 saturated carbocycles. The fraction of sp³-hybridized carbons (Fsp3) is 0.200. The molecule has 1 aliphatic carbocycles. The first-order chi connectivity index (χ1) is 17.2. The smallest absolute Gasteiger partial charge is 0.337 e. The van der Waals surface area contributed by atoms with Gasteiger partial charge in [-0.15, -0.1) is 0 Å².